The highest BCUT2D eigenvalue weighted by atomic mass is 16.1. The number of aldehydes is 1. The second-order valence-electron chi connectivity index (χ2n) is 3.09. The number of carbonyl (C=O) groups excluding carboxylic acids is 1. The van der Waals surface area contributed by atoms with E-state index in [0.29, 0.717) is 5.56 Å². The molecule has 0 unspecified atom stereocenters. The molecule has 0 bridgehead atoms. The number of hydrogen-bond donors (Lipinski definition) is 1. The molecule has 2 aromatic rings. The molecule has 0 fully saturated rings. The van der Waals surface area contributed by atoms with Gasteiger partial charge in [-0.05, 0) is 12.5 Å². The molecular formula is C11H10N2O. The highest BCUT2D eigenvalue weighted by Crippen LogP contribution is 2.22. The first-order chi connectivity index (χ1) is 6.83. The highest BCUT2D eigenvalue weighted by Gasteiger charge is 2.08. The van der Waals surface area contributed by atoms with Crippen LogP contribution in [-0.4, -0.2) is 16.3 Å². The van der Waals surface area contributed by atoms with E-state index >= 15 is 0 Å². The van der Waals surface area contributed by atoms with E-state index in [0.717, 1.165) is 23.2 Å². The number of aromatic amines is 1. The van der Waals surface area contributed by atoms with Crippen LogP contribution in [0.2, 0.25) is 0 Å². The zero-order valence-electron chi connectivity index (χ0n) is 7.82. The Morgan fingerprint density at radius 2 is 2.29 bits per heavy atom. The van der Waals surface area contributed by atoms with Gasteiger partial charge in [0.1, 0.15) is 5.82 Å². The molecule has 3 nitrogen and oxygen atoms in total. The number of hydrogen-bond acceptors (Lipinski definition) is 2. The number of nitrogens with zero attached hydrogens (tertiary/aromatic N) is 1. The van der Waals surface area contributed by atoms with Crippen LogP contribution in [0, 0.1) is 6.92 Å². The SMILES string of the molecule is Cc1cccc(C=O)c1-c1ncc[nH]1. The topological polar surface area (TPSA) is 45.8 Å². The smallest absolute Gasteiger partial charge is 0.150 e. The first-order valence-corrected chi connectivity index (χ1v) is 4.37. The van der Waals surface area contributed by atoms with E-state index < -0.39 is 0 Å². The molecule has 0 saturated carbocycles. The Bertz CT molecular complexity index is 446. The molecule has 2 rings (SSSR count). The lowest BCUT2D eigenvalue weighted by Gasteiger charge is -2.04. The van der Waals surface area contributed by atoms with Crippen molar-refractivity contribution in [2.24, 2.45) is 0 Å². The van der Waals surface area contributed by atoms with Crippen molar-refractivity contribution in [1.29, 1.82) is 0 Å². The molecule has 0 radical (unpaired) electrons. The van der Waals surface area contributed by atoms with Gasteiger partial charge in [-0.25, -0.2) is 4.98 Å². The van der Waals surface area contributed by atoms with Crippen LogP contribution in [0.4, 0.5) is 0 Å². The third-order valence-electron chi connectivity index (χ3n) is 2.17. The molecule has 1 aromatic heterocycles. The third-order valence-corrected chi connectivity index (χ3v) is 2.17. The monoisotopic (exact) mass is 186 g/mol. The van der Waals surface area contributed by atoms with Crippen LogP contribution in [0.1, 0.15) is 15.9 Å². The summed E-state index contributed by atoms with van der Waals surface area (Å²) in [6, 6.07) is 5.62. The molecule has 0 amide bonds. The maximum atomic E-state index is 10.8. The third kappa shape index (κ3) is 1.33. The minimum absolute atomic E-state index is 0.667. The Balaban J connectivity index is 2.67. The molecule has 0 atom stereocenters. The Morgan fingerprint density at radius 3 is 2.93 bits per heavy atom. The lowest BCUT2D eigenvalue weighted by molar-refractivity contribution is 0.112. The van der Waals surface area contributed by atoms with E-state index in [1.165, 1.54) is 0 Å². The van der Waals surface area contributed by atoms with Crippen LogP contribution < -0.4 is 0 Å². The van der Waals surface area contributed by atoms with E-state index in [9.17, 15) is 4.79 Å². The highest BCUT2D eigenvalue weighted by molar-refractivity contribution is 5.87. The van der Waals surface area contributed by atoms with Crippen LogP contribution in [0.25, 0.3) is 11.4 Å². The Morgan fingerprint density at radius 1 is 1.43 bits per heavy atom. The zero-order chi connectivity index (χ0) is 9.97. The standard InChI is InChI=1S/C11H10N2O/c1-8-3-2-4-9(7-14)10(8)11-12-5-6-13-11/h2-7H,1H3,(H,12,13). The second-order valence-corrected chi connectivity index (χ2v) is 3.09. The molecule has 0 aliphatic carbocycles. The van der Waals surface area contributed by atoms with Crippen molar-refractivity contribution >= 4 is 6.29 Å². The van der Waals surface area contributed by atoms with Gasteiger partial charge in [-0.3, -0.25) is 4.79 Å². The molecule has 0 aliphatic rings. The number of aryl methyl sites for hydroxylation is 1. The first-order valence-electron chi connectivity index (χ1n) is 4.37. The molecular weight excluding hydrogens is 176 g/mol. The van der Waals surface area contributed by atoms with E-state index in [1.54, 1.807) is 18.5 Å². The van der Waals surface area contributed by atoms with Gasteiger partial charge in [-0.1, -0.05) is 18.2 Å². The van der Waals surface area contributed by atoms with Crippen molar-refractivity contribution in [3.8, 4) is 11.4 Å². The zero-order valence-corrected chi connectivity index (χ0v) is 7.82. The summed E-state index contributed by atoms with van der Waals surface area (Å²) >= 11 is 0. The number of nitrogens with one attached hydrogen (secondary N) is 1. The van der Waals surface area contributed by atoms with Gasteiger partial charge in [0.25, 0.3) is 0 Å². The minimum Gasteiger partial charge on any atom is -0.345 e. The average Bonchev–Trinajstić information content (AvgIpc) is 2.70. The van der Waals surface area contributed by atoms with Gasteiger partial charge in [-0.2, -0.15) is 0 Å². The summed E-state index contributed by atoms with van der Waals surface area (Å²) in [5, 5.41) is 0. The van der Waals surface area contributed by atoms with Crippen molar-refractivity contribution in [2.45, 2.75) is 6.92 Å². The molecule has 0 spiro atoms. The van der Waals surface area contributed by atoms with Crippen LogP contribution in [0.3, 0.4) is 0 Å². The second kappa shape index (κ2) is 3.46. The molecule has 1 aromatic carbocycles. The van der Waals surface area contributed by atoms with Gasteiger partial charge < -0.3 is 4.98 Å². The fourth-order valence-electron chi connectivity index (χ4n) is 1.51. The summed E-state index contributed by atoms with van der Waals surface area (Å²) in [5.41, 5.74) is 2.59. The molecule has 70 valence electrons. The van der Waals surface area contributed by atoms with Crippen LogP contribution in [0.5, 0.6) is 0 Å². The Kier molecular flexibility index (Phi) is 2.14. The van der Waals surface area contributed by atoms with Gasteiger partial charge in [0.2, 0.25) is 0 Å². The molecule has 14 heavy (non-hydrogen) atoms. The van der Waals surface area contributed by atoms with Crippen molar-refractivity contribution in [2.75, 3.05) is 0 Å². The van der Waals surface area contributed by atoms with Gasteiger partial charge in [0.15, 0.2) is 6.29 Å². The number of imidazole rings is 1. The minimum atomic E-state index is 0.667. The summed E-state index contributed by atoms with van der Waals surface area (Å²) in [4.78, 5) is 18.0. The quantitative estimate of drug-likeness (QED) is 0.731. The summed E-state index contributed by atoms with van der Waals surface area (Å²) in [6.45, 7) is 1.96. The maximum absolute atomic E-state index is 10.8. The molecule has 0 saturated heterocycles. The van der Waals surface area contributed by atoms with Gasteiger partial charge in [0.05, 0.1) is 0 Å². The van der Waals surface area contributed by atoms with Crippen molar-refractivity contribution in [3.05, 3.63) is 41.7 Å². The van der Waals surface area contributed by atoms with E-state index in [2.05, 4.69) is 9.97 Å². The largest absolute Gasteiger partial charge is 0.345 e. The summed E-state index contributed by atoms with van der Waals surface area (Å²) in [6.07, 6.45) is 4.28. The lowest BCUT2D eigenvalue weighted by Crippen LogP contribution is -1.92. The lowest BCUT2D eigenvalue weighted by atomic mass is 10.0. The average molecular weight is 186 g/mol. The number of rotatable bonds is 2. The van der Waals surface area contributed by atoms with Crippen molar-refractivity contribution in [3.63, 3.8) is 0 Å². The van der Waals surface area contributed by atoms with Gasteiger partial charge in [0, 0.05) is 23.5 Å². The van der Waals surface area contributed by atoms with Gasteiger partial charge >= 0.3 is 0 Å². The van der Waals surface area contributed by atoms with E-state index in [-0.39, 0.29) is 0 Å². The molecule has 3 heteroatoms. The van der Waals surface area contributed by atoms with Crippen molar-refractivity contribution in [1.82, 2.24) is 9.97 Å². The predicted octanol–water partition coefficient (Wildman–Crippen LogP) is 2.20. The molecule has 1 N–H and O–H groups in total. The van der Waals surface area contributed by atoms with Crippen LogP contribution >= 0.6 is 0 Å². The van der Waals surface area contributed by atoms with Crippen LogP contribution in [-0.2, 0) is 0 Å². The molecule has 1 heterocycles. The van der Waals surface area contributed by atoms with Crippen molar-refractivity contribution < 1.29 is 4.79 Å². The number of benzene rings is 1. The summed E-state index contributed by atoms with van der Waals surface area (Å²) in [7, 11) is 0. The Labute approximate surface area is 81.8 Å². The fourth-order valence-corrected chi connectivity index (χ4v) is 1.51. The van der Waals surface area contributed by atoms with E-state index in [4.69, 9.17) is 0 Å². The maximum Gasteiger partial charge on any atom is 0.150 e. The number of H-pyrrole nitrogens is 1. The number of aromatic nitrogens is 2. The fraction of sp³-hybridized carbons (Fsp3) is 0.0909. The normalized spacial score (nSPS) is 10.1. The Hall–Kier alpha value is -1.90. The molecule has 0 aliphatic heterocycles. The summed E-state index contributed by atoms with van der Waals surface area (Å²) < 4.78 is 0. The van der Waals surface area contributed by atoms with Crippen LogP contribution in [0.15, 0.2) is 30.6 Å². The predicted molar refractivity (Wildman–Crippen MR) is 54.1 cm³/mol. The van der Waals surface area contributed by atoms with Gasteiger partial charge in [-0.15, -0.1) is 0 Å². The summed E-state index contributed by atoms with van der Waals surface area (Å²) in [5.74, 6) is 0.741. The van der Waals surface area contributed by atoms with E-state index in [1.807, 2.05) is 19.1 Å². The number of carbonyl (C=O) groups is 1. The first kappa shape index (κ1) is 8.69.